The van der Waals surface area contributed by atoms with E-state index in [9.17, 15) is 18.0 Å². The van der Waals surface area contributed by atoms with Gasteiger partial charge in [0.2, 0.25) is 5.91 Å². The molecule has 0 aliphatic carbocycles. The largest absolute Gasteiger partial charge is 0.495 e. The predicted octanol–water partition coefficient (Wildman–Crippen LogP) is 3.54. The van der Waals surface area contributed by atoms with Crippen molar-refractivity contribution in [1.82, 2.24) is 20.0 Å². The lowest BCUT2D eigenvalue weighted by atomic mass is 9.97. The molecule has 2 aromatic heterocycles. The summed E-state index contributed by atoms with van der Waals surface area (Å²) in [7, 11) is 1.34. The lowest BCUT2D eigenvalue weighted by Gasteiger charge is -2.32. The standard InChI is InChI=1S/C21H21F3N6O2/c1-32-17-6-5-15(21(22,23)24)12-16(17)26-20(31)14-4-2-10-29(13-14)18-7-8-19(28-27-18)30-11-3-9-25-30/h3,5-9,11-12,14H,2,4,10,13H2,1H3,(H,26,31). The molecule has 4 rings (SSSR count). The van der Waals surface area contributed by atoms with E-state index < -0.39 is 17.7 Å². The fourth-order valence-corrected chi connectivity index (χ4v) is 3.63. The van der Waals surface area contributed by atoms with Crippen LogP contribution in [0.25, 0.3) is 5.82 Å². The summed E-state index contributed by atoms with van der Waals surface area (Å²) in [6, 6.07) is 8.37. The van der Waals surface area contributed by atoms with Gasteiger partial charge in [0.1, 0.15) is 5.75 Å². The van der Waals surface area contributed by atoms with Crippen molar-refractivity contribution in [3.63, 3.8) is 0 Å². The van der Waals surface area contributed by atoms with Crippen molar-refractivity contribution in [2.45, 2.75) is 19.0 Å². The van der Waals surface area contributed by atoms with E-state index in [1.54, 1.807) is 35.3 Å². The van der Waals surface area contributed by atoms with Crippen LogP contribution in [0.5, 0.6) is 5.75 Å². The first-order valence-electron chi connectivity index (χ1n) is 10.00. The molecule has 1 atom stereocenters. The summed E-state index contributed by atoms with van der Waals surface area (Å²) in [4.78, 5) is 14.8. The number of rotatable bonds is 5. The van der Waals surface area contributed by atoms with Gasteiger partial charge in [-0.15, -0.1) is 10.2 Å². The maximum atomic E-state index is 13.1. The Labute approximate surface area is 182 Å². The van der Waals surface area contributed by atoms with Crippen LogP contribution in [0.2, 0.25) is 0 Å². The fraction of sp³-hybridized carbons (Fsp3) is 0.333. The maximum absolute atomic E-state index is 13.1. The summed E-state index contributed by atoms with van der Waals surface area (Å²) in [5, 5.41) is 15.1. The van der Waals surface area contributed by atoms with Crippen molar-refractivity contribution in [2.24, 2.45) is 5.92 Å². The zero-order valence-electron chi connectivity index (χ0n) is 17.2. The molecule has 1 saturated heterocycles. The van der Waals surface area contributed by atoms with Gasteiger partial charge in [-0.05, 0) is 49.2 Å². The van der Waals surface area contributed by atoms with Gasteiger partial charge in [0.15, 0.2) is 11.6 Å². The van der Waals surface area contributed by atoms with E-state index in [1.165, 1.54) is 13.2 Å². The van der Waals surface area contributed by atoms with Gasteiger partial charge >= 0.3 is 6.18 Å². The molecule has 0 spiro atoms. The zero-order valence-corrected chi connectivity index (χ0v) is 17.2. The van der Waals surface area contributed by atoms with Crippen LogP contribution >= 0.6 is 0 Å². The number of amides is 1. The van der Waals surface area contributed by atoms with Crippen molar-refractivity contribution in [1.29, 1.82) is 0 Å². The minimum Gasteiger partial charge on any atom is -0.495 e. The van der Waals surface area contributed by atoms with Crippen LogP contribution in [0, 0.1) is 5.92 Å². The van der Waals surface area contributed by atoms with Crippen LogP contribution in [0.1, 0.15) is 18.4 Å². The molecule has 3 aromatic rings. The van der Waals surface area contributed by atoms with Crippen LogP contribution < -0.4 is 15.0 Å². The summed E-state index contributed by atoms with van der Waals surface area (Å²) in [6.07, 6.45) is 0.229. The number of halogens is 3. The average molecular weight is 446 g/mol. The molecule has 8 nitrogen and oxygen atoms in total. The Morgan fingerprint density at radius 1 is 1.19 bits per heavy atom. The Bertz CT molecular complexity index is 1070. The first-order valence-corrected chi connectivity index (χ1v) is 10.00. The third kappa shape index (κ3) is 4.66. The van der Waals surface area contributed by atoms with Crippen molar-refractivity contribution in [3.05, 3.63) is 54.4 Å². The monoisotopic (exact) mass is 446 g/mol. The van der Waals surface area contributed by atoms with E-state index in [4.69, 9.17) is 4.74 Å². The molecule has 32 heavy (non-hydrogen) atoms. The van der Waals surface area contributed by atoms with Crippen LogP contribution in [0.3, 0.4) is 0 Å². The summed E-state index contributed by atoms with van der Waals surface area (Å²) < 4.78 is 45.9. The van der Waals surface area contributed by atoms with Crippen LogP contribution in [0.4, 0.5) is 24.7 Å². The number of nitrogens with zero attached hydrogens (tertiary/aromatic N) is 5. The molecule has 11 heteroatoms. The molecule has 3 heterocycles. The lowest BCUT2D eigenvalue weighted by molar-refractivity contribution is -0.137. The van der Waals surface area contributed by atoms with Crippen molar-refractivity contribution < 1.29 is 22.7 Å². The van der Waals surface area contributed by atoms with Gasteiger partial charge in [0, 0.05) is 25.5 Å². The number of carbonyl (C=O) groups excluding carboxylic acids is 1. The third-order valence-corrected chi connectivity index (χ3v) is 5.28. The van der Waals surface area contributed by atoms with E-state index in [-0.39, 0.29) is 17.3 Å². The van der Waals surface area contributed by atoms with Crippen molar-refractivity contribution >= 4 is 17.4 Å². The number of anilines is 2. The molecule has 1 aliphatic heterocycles. The minimum atomic E-state index is -4.52. The highest BCUT2D eigenvalue weighted by molar-refractivity contribution is 5.94. The van der Waals surface area contributed by atoms with Crippen molar-refractivity contribution in [2.75, 3.05) is 30.4 Å². The number of ether oxygens (including phenoxy) is 1. The number of hydrogen-bond donors (Lipinski definition) is 1. The molecular formula is C21H21F3N6O2. The zero-order chi connectivity index (χ0) is 22.7. The quantitative estimate of drug-likeness (QED) is 0.645. The molecule has 1 aliphatic rings. The fourth-order valence-electron chi connectivity index (χ4n) is 3.63. The Balaban J connectivity index is 1.46. The number of alkyl halides is 3. The lowest BCUT2D eigenvalue weighted by Crippen LogP contribution is -2.41. The van der Waals surface area contributed by atoms with Crippen LogP contribution in [0.15, 0.2) is 48.8 Å². The molecule has 1 aromatic carbocycles. The first kappa shape index (κ1) is 21.6. The van der Waals surface area contributed by atoms with E-state index in [1.807, 2.05) is 4.90 Å². The topological polar surface area (TPSA) is 85.2 Å². The van der Waals surface area contributed by atoms with E-state index in [0.717, 1.165) is 18.6 Å². The number of hydrogen-bond acceptors (Lipinski definition) is 6. The number of piperidine rings is 1. The summed E-state index contributed by atoms with van der Waals surface area (Å²) in [5.74, 6) is 0.569. The van der Waals surface area contributed by atoms with Gasteiger partial charge in [-0.3, -0.25) is 4.79 Å². The third-order valence-electron chi connectivity index (χ3n) is 5.28. The molecule has 1 amide bonds. The Morgan fingerprint density at radius 2 is 1.97 bits per heavy atom. The molecule has 0 radical (unpaired) electrons. The Kier molecular flexibility index (Phi) is 5.97. The van der Waals surface area contributed by atoms with Gasteiger partial charge in [-0.1, -0.05) is 0 Å². The normalized spacial score (nSPS) is 16.6. The smallest absolute Gasteiger partial charge is 0.416 e. The van der Waals surface area contributed by atoms with E-state index in [2.05, 4.69) is 20.6 Å². The second kappa shape index (κ2) is 8.85. The Morgan fingerprint density at radius 3 is 2.62 bits per heavy atom. The van der Waals surface area contributed by atoms with Gasteiger partial charge in [-0.25, -0.2) is 4.68 Å². The summed E-state index contributed by atoms with van der Waals surface area (Å²) in [5.41, 5.74) is -0.862. The van der Waals surface area contributed by atoms with Gasteiger partial charge < -0.3 is 15.0 Å². The molecule has 168 valence electrons. The number of aromatic nitrogens is 4. The molecule has 0 bridgehead atoms. The maximum Gasteiger partial charge on any atom is 0.416 e. The number of nitrogens with one attached hydrogen (secondary N) is 1. The molecular weight excluding hydrogens is 425 g/mol. The van der Waals surface area contributed by atoms with Gasteiger partial charge in [-0.2, -0.15) is 18.3 Å². The summed E-state index contributed by atoms with van der Waals surface area (Å²) >= 11 is 0. The highest BCUT2D eigenvalue weighted by Crippen LogP contribution is 2.35. The average Bonchev–Trinajstić information content (AvgIpc) is 3.34. The SMILES string of the molecule is COc1ccc(C(F)(F)F)cc1NC(=O)C1CCCN(c2ccc(-n3cccn3)nn2)C1. The van der Waals surface area contributed by atoms with E-state index >= 15 is 0 Å². The predicted molar refractivity (Wildman–Crippen MR) is 111 cm³/mol. The van der Waals surface area contributed by atoms with Gasteiger partial charge in [0.05, 0.1) is 24.3 Å². The Hall–Kier alpha value is -3.63. The number of benzene rings is 1. The highest BCUT2D eigenvalue weighted by atomic mass is 19.4. The van der Waals surface area contributed by atoms with E-state index in [0.29, 0.717) is 31.1 Å². The number of methoxy groups -OCH3 is 1. The van der Waals surface area contributed by atoms with Crippen LogP contribution in [-0.2, 0) is 11.0 Å². The number of carbonyl (C=O) groups is 1. The van der Waals surface area contributed by atoms with Crippen LogP contribution in [-0.4, -0.2) is 46.1 Å². The second-order valence-corrected chi connectivity index (χ2v) is 7.39. The summed E-state index contributed by atoms with van der Waals surface area (Å²) in [6.45, 7) is 1.08. The first-order chi connectivity index (χ1) is 15.3. The molecule has 1 unspecified atom stereocenters. The second-order valence-electron chi connectivity index (χ2n) is 7.39. The van der Waals surface area contributed by atoms with Gasteiger partial charge in [0.25, 0.3) is 0 Å². The molecule has 0 saturated carbocycles. The highest BCUT2D eigenvalue weighted by Gasteiger charge is 2.32. The minimum absolute atomic E-state index is 0.00665. The van der Waals surface area contributed by atoms with Crippen molar-refractivity contribution in [3.8, 4) is 11.6 Å². The molecule has 1 fully saturated rings. The molecule has 1 N–H and O–H groups in total.